The standard InChI is InChI=1S/C11H14F3N3O2/c1-6(5-19-7-2-3-7)16-8-4-15-17-10(18)9(8)11(12,13)14/h4,6-7H,2-3,5H2,1H3,(H2,16,17,18)/t6-/m0/s1. The molecular weight excluding hydrogens is 263 g/mol. The van der Waals surface area contributed by atoms with Crippen LogP contribution >= 0.6 is 0 Å². The van der Waals surface area contributed by atoms with Gasteiger partial charge in [0.1, 0.15) is 5.56 Å². The van der Waals surface area contributed by atoms with Gasteiger partial charge in [-0.1, -0.05) is 0 Å². The van der Waals surface area contributed by atoms with Crippen LogP contribution in [0.25, 0.3) is 0 Å². The van der Waals surface area contributed by atoms with Crippen LogP contribution in [0.3, 0.4) is 0 Å². The summed E-state index contributed by atoms with van der Waals surface area (Å²) in [7, 11) is 0. The minimum atomic E-state index is -4.73. The number of hydrogen-bond donors (Lipinski definition) is 2. The molecule has 1 saturated carbocycles. The van der Waals surface area contributed by atoms with Gasteiger partial charge in [-0.05, 0) is 19.8 Å². The Morgan fingerprint density at radius 1 is 1.58 bits per heavy atom. The Bertz CT molecular complexity index is 497. The van der Waals surface area contributed by atoms with E-state index < -0.39 is 17.3 Å². The first kappa shape index (κ1) is 13.9. The van der Waals surface area contributed by atoms with E-state index >= 15 is 0 Å². The molecule has 1 aliphatic carbocycles. The second-order valence-corrected chi connectivity index (χ2v) is 4.56. The zero-order valence-corrected chi connectivity index (χ0v) is 10.3. The summed E-state index contributed by atoms with van der Waals surface area (Å²) in [5.74, 6) is 0. The van der Waals surface area contributed by atoms with Crippen LogP contribution in [0.5, 0.6) is 0 Å². The zero-order valence-electron chi connectivity index (χ0n) is 10.3. The van der Waals surface area contributed by atoms with E-state index in [0.717, 1.165) is 19.0 Å². The molecule has 5 nitrogen and oxygen atoms in total. The first-order valence-corrected chi connectivity index (χ1v) is 5.91. The van der Waals surface area contributed by atoms with E-state index in [1.54, 1.807) is 12.0 Å². The van der Waals surface area contributed by atoms with Gasteiger partial charge in [-0.25, -0.2) is 5.10 Å². The highest BCUT2D eigenvalue weighted by Crippen LogP contribution is 2.31. The van der Waals surface area contributed by atoms with Crippen LogP contribution in [0.4, 0.5) is 18.9 Å². The second kappa shape index (κ2) is 5.20. The fourth-order valence-corrected chi connectivity index (χ4v) is 1.61. The molecule has 8 heteroatoms. The molecule has 1 aromatic rings. The Kier molecular flexibility index (Phi) is 3.79. The van der Waals surface area contributed by atoms with Gasteiger partial charge in [-0.3, -0.25) is 4.79 Å². The summed E-state index contributed by atoms with van der Waals surface area (Å²) in [6, 6.07) is -0.342. The number of alkyl halides is 3. The van der Waals surface area contributed by atoms with E-state index in [0.29, 0.717) is 0 Å². The van der Waals surface area contributed by atoms with Crippen LogP contribution in [0.2, 0.25) is 0 Å². The molecule has 1 aromatic heterocycles. The molecule has 1 heterocycles. The molecule has 0 aromatic carbocycles. The Hall–Kier alpha value is -1.57. The Balaban J connectivity index is 2.10. The first-order valence-electron chi connectivity index (χ1n) is 5.91. The quantitative estimate of drug-likeness (QED) is 0.860. The lowest BCUT2D eigenvalue weighted by Crippen LogP contribution is -2.29. The average molecular weight is 277 g/mol. The van der Waals surface area contributed by atoms with Crippen molar-refractivity contribution in [2.45, 2.75) is 38.1 Å². The largest absolute Gasteiger partial charge is 0.423 e. The lowest BCUT2D eigenvalue weighted by Gasteiger charge is -2.18. The Morgan fingerprint density at radius 3 is 2.84 bits per heavy atom. The summed E-state index contributed by atoms with van der Waals surface area (Å²) in [6.45, 7) is 1.97. The third kappa shape index (κ3) is 3.69. The summed E-state index contributed by atoms with van der Waals surface area (Å²) in [6.07, 6.45) is -1.56. The highest BCUT2D eigenvalue weighted by Gasteiger charge is 2.37. The van der Waals surface area contributed by atoms with E-state index in [1.165, 1.54) is 0 Å². The number of aromatic nitrogens is 2. The molecular formula is C11H14F3N3O2. The van der Waals surface area contributed by atoms with Crippen molar-refractivity contribution >= 4 is 5.69 Å². The first-order chi connectivity index (χ1) is 8.88. The van der Waals surface area contributed by atoms with Crippen molar-refractivity contribution in [1.29, 1.82) is 0 Å². The van der Waals surface area contributed by atoms with Crippen molar-refractivity contribution in [3.63, 3.8) is 0 Å². The molecule has 0 aliphatic heterocycles. The highest BCUT2D eigenvalue weighted by atomic mass is 19.4. The van der Waals surface area contributed by atoms with Gasteiger partial charge in [0.2, 0.25) is 0 Å². The van der Waals surface area contributed by atoms with Crippen molar-refractivity contribution in [1.82, 2.24) is 10.2 Å². The number of H-pyrrole nitrogens is 1. The van der Waals surface area contributed by atoms with Crippen molar-refractivity contribution in [3.05, 3.63) is 22.1 Å². The van der Waals surface area contributed by atoms with Gasteiger partial charge < -0.3 is 10.1 Å². The molecule has 1 aliphatic rings. The molecule has 2 rings (SSSR count). The minimum Gasteiger partial charge on any atom is -0.378 e. The summed E-state index contributed by atoms with van der Waals surface area (Å²) in [5, 5.41) is 7.78. The molecule has 0 bridgehead atoms. The van der Waals surface area contributed by atoms with E-state index in [2.05, 4.69) is 10.4 Å². The van der Waals surface area contributed by atoms with E-state index in [-0.39, 0.29) is 24.4 Å². The summed E-state index contributed by atoms with van der Waals surface area (Å²) < 4.78 is 43.7. The van der Waals surface area contributed by atoms with Gasteiger partial charge in [-0.15, -0.1) is 0 Å². The second-order valence-electron chi connectivity index (χ2n) is 4.56. The predicted octanol–water partition coefficient (Wildman–Crippen LogP) is 1.77. The van der Waals surface area contributed by atoms with Crippen LogP contribution in [0.15, 0.2) is 11.0 Å². The smallest absolute Gasteiger partial charge is 0.378 e. The highest BCUT2D eigenvalue weighted by molar-refractivity contribution is 5.50. The van der Waals surface area contributed by atoms with Crippen LogP contribution < -0.4 is 10.9 Å². The van der Waals surface area contributed by atoms with Gasteiger partial charge in [0.05, 0.1) is 24.6 Å². The molecule has 0 spiro atoms. The maximum atomic E-state index is 12.8. The molecule has 2 N–H and O–H groups in total. The number of anilines is 1. The number of ether oxygens (including phenoxy) is 1. The van der Waals surface area contributed by atoms with Gasteiger partial charge in [0.25, 0.3) is 5.56 Å². The maximum Gasteiger partial charge on any atom is 0.423 e. The molecule has 106 valence electrons. The van der Waals surface area contributed by atoms with Crippen molar-refractivity contribution in [2.24, 2.45) is 0 Å². The molecule has 0 unspecified atom stereocenters. The van der Waals surface area contributed by atoms with Gasteiger partial charge >= 0.3 is 6.18 Å². The topological polar surface area (TPSA) is 67.0 Å². The van der Waals surface area contributed by atoms with Crippen molar-refractivity contribution in [2.75, 3.05) is 11.9 Å². The minimum absolute atomic E-state index is 0.226. The number of aromatic amines is 1. The molecule has 1 fully saturated rings. The van der Waals surface area contributed by atoms with Crippen molar-refractivity contribution < 1.29 is 17.9 Å². The SMILES string of the molecule is C[C@@H](COC1CC1)Nc1cn[nH]c(=O)c1C(F)(F)F. The number of nitrogens with one attached hydrogen (secondary N) is 2. The van der Waals surface area contributed by atoms with E-state index in [1.807, 2.05) is 0 Å². The number of halogens is 3. The maximum absolute atomic E-state index is 12.8. The molecule has 19 heavy (non-hydrogen) atoms. The number of nitrogens with zero attached hydrogens (tertiary/aromatic N) is 1. The monoisotopic (exact) mass is 277 g/mol. The Morgan fingerprint density at radius 2 is 2.26 bits per heavy atom. The van der Waals surface area contributed by atoms with E-state index in [4.69, 9.17) is 4.74 Å². The third-order valence-electron chi connectivity index (χ3n) is 2.65. The predicted molar refractivity (Wildman–Crippen MR) is 61.9 cm³/mol. The lowest BCUT2D eigenvalue weighted by atomic mass is 10.2. The third-order valence-corrected chi connectivity index (χ3v) is 2.65. The summed E-state index contributed by atoms with van der Waals surface area (Å²) >= 11 is 0. The van der Waals surface area contributed by atoms with E-state index in [9.17, 15) is 18.0 Å². The van der Waals surface area contributed by atoms with Crippen LogP contribution in [-0.2, 0) is 10.9 Å². The fourth-order valence-electron chi connectivity index (χ4n) is 1.61. The van der Waals surface area contributed by atoms with Gasteiger partial charge in [0.15, 0.2) is 0 Å². The van der Waals surface area contributed by atoms with Crippen LogP contribution in [0, 0.1) is 0 Å². The normalized spacial score (nSPS) is 17.3. The number of rotatable bonds is 5. The van der Waals surface area contributed by atoms with Crippen LogP contribution in [-0.4, -0.2) is 29.0 Å². The lowest BCUT2D eigenvalue weighted by molar-refractivity contribution is -0.138. The average Bonchev–Trinajstić information content (AvgIpc) is 3.08. The molecule has 0 amide bonds. The van der Waals surface area contributed by atoms with Crippen LogP contribution in [0.1, 0.15) is 25.3 Å². The molecule has 0 radical (unpaired) electrons. The summed E-state index contributed by atoms with van der Waals surface area (Å²) in [4.78, 5) is 11.2. The molecule has 0 saturated heterocycles. The van der Waals surface area contributed by atoms with Gasteiger partial charge in [-0.2, -0.15) is 18.3 Å². The molecule has 1 atom stereocenters. The van der Waals surface area contributed by atoms with Crippen molar-refractivity contribution in [3.8, 4) is 0 Å². The zero-order chi connectivity index (χ0) is 14.0. The Labute approximate surface area is 107 Å². The summed E-state index contributed by atoms with van der Waals surface area (Å²) in [5.41, 5.74) is -2.85. The van der Waals surface area contributed by atoms with Gasteiger partial charge in [0, 0.05) is 6.04 Å². The fraction of sp³-hybridized carbons (Fsp3) is 0.636. The number of hydrogen-bond acceptors (Lipinski definition) is 4.